The van der Waals surface area contributed by atoms with Gasteiger partial charge in [-0.25, -0.2) is 4.79 Å². The molecule has 0 aliphatic rings. The van der Waals surface area contributed by atoms with E-state index in [0.29, 0.717) is 17.8 Å². The second-order valence-corrected chi connectivity index (χ2v) is 5.52. The summed E-state index contributed by atoms with van der Waals surface area (Å²) >= 11 is 0. The Morgan fingerprint density at radius 1 is 1.30 bits per heavy atom. The maximum atomic E-state index is 13.0. The van der Waals surface area contributed by atoms with Crippen molar-refractivity contribution in [2.45, 2.75) is 33.2 Å². The second kappa shape index (κ2) is 7.15. The fraction of sp³-hybridized carbons (Fsp3) is 0.375. The lowest BCUT2D eigenvalue weighted by molar-refractivity contribution is -0.306. The van der Waals surface area contributed by atoms with Gasteiger partial charge in [0.2, 0.25) is 0 Å². The molecule has 2 rings (SSSR count). The van der Waals surface area contributed by atoms with Crippen LogP contribution in [0.15, 0.2) is 30.6 Å². The van der Waals surface area contributed by atoms with Gasteiger partial charge in [0.25, 0.3) is 5.91 Å². The van der Waals surface area contributed by atoms with Crippen LogP contribution < -0.4 is 5.73 Å². The Morgan fingerprint density at radius 2 is 1.96 bits per heavy atom. The van der Waals surface area contributed by atoms with E-state index in [1.54, 1.807) is 17.3 Å². The molecule has 1 aromatic heterocycles. The van der Waals surface area contributed by atoms with Gasteiger partial charge in [-0.3, -0.25) is 10.5 Å². The van der Waals surface area contributed by atoms with Gasteiger partial charge >= 0.3 is 5.91 Å². The SMILES string of the molecule is CCN(C(=O)c1cc(C)ccc1-n1nccn1)C(C)CC([NH3+])=O. The zero-order chi connectivity index (χ0) is 17.0. The molecule has 0 saturated heterocycles. The fourth-order valence-corrected chi connectivity index (χ4v) is 2.59. The predicted molar refractivity (Wildman–Crippen MR) is 84.8 cm³/mol. The molecule has 1 aromatic carbocycles. The van der Waals surface area contributed by atoms with Crippen molar-refractivity contribution in [2.24, 2.45) is 0 Å². The topological polar surface area (TPSA) is 95.7 Å². The number of hydrogen-bond donors (Lipinski definition) is 1. The van der Waals surface area contributed by atoms with Gasteiger partial charge in [0.15, 0.2) is 0 Å². The first-order valence-corrected chi connectivity index (χ1v) is 7.57. The number of aromatic nitrogens is 3. The second-order valence-electron chi connectivity index (χ2n) is 5.52. The van der Waals surface area contributed by atoms with Crippen molar-refractivity contribution in [3.05, 3.63) is 41.7 Å². The van der Waals surface area contributed by atoms with E-state index in [0.717, 1.165) is 5.56 Å². The first-order chi connectivity index (χ1) is 10.9. The van der Waals surface area contributed by atoms with Crippen LogP contribution in [0.3, 0.4) is 0 Å². The summed E-state index contributed by atoms with van der Waals surface area (Å²) in [5, 5.41) is 8.22. The third-order valence-corrected chi connectivity index (χ3v) is 3.67. The summed E-state index contributed by atoms with van der Waals surface area (Å²) in [5.74, 6) is -0.320. The van der Waals surface area contributed by atoms with Gasteiger partial charge in [0.1, 0.15) is 0 Å². The van der Waals surface area contributed by atoms with E-state index in [2.05, 4.69) is 15.9 Å². The molecule has 1 atom stereocenters. The number of hydrogen-bond acceptors (Lipinski definition) is 4. The quantitative estimate of drug-likeness (QED) is 0.843. The first kappa shape index (κ1) is 16.8. The third-order valence-electron chi connectivity index (χ3n) is 3.67. The number of rotatable bonds is 6. The number of quaternary nitrogens is 1. The first-order valence-electron chi connectivity index (χ1n) is 7.57. The minimum Gasteiger partial charge on any atom is -0.335 e. The molecule has 0 saturated carbocycles. The highest BCUT2D eigenvalue weighted by atomic mass is 16.2. The predicted octanol–water partition coefficient (Wildman–Crippen LogP) is 0.585. The molecular formula is C16H22N5O2+. The Hall–Kier alpha value is -2.54. The van der Waals surface area contributed by atoms with Crippen LogP contribution in [0.5, 0.6) is 0 Å². The molecule has 0 bridgehead atoms. The normalized spacial score (nSPS) is 12.0. The molecule has 2 aromatic rings. The van der Waals surface area contributed by atoms with Crippen LogP contribution in [-0.2, 0) is 4.79 Å². The number of amides is 2. The van der Waals surface area contributed by atoms with E-state index in [1.165, 1.54) is 4.80 Å². The molecule has 1 heterocycles. The number of carbonyl (C=O) groups excluding carboxylic acids is 2. The van der Waals surface area contributed by atoms with Crippen molar-refractivity contribution < 1.29 is 15.3 Å². The van der Waals surface area contributed by atoms with Crippen LogP contribution >= 0.6 is 0 Å². The Bertz CT molecular complexity index is 697. The van der Waals surface area contributed by atoms with Crippen LogP contribution in [0.2, 0.25) is 0 Å². The molecule has 2 amide bonds. The van der Waals surface area contributed by atoms with E-state index >= 15 is 0 Å². The van der Waals surface area contributed by atoms with Gasteiger partial charge < -0.3 is 4.90 Å². The highest BCUT2D eigenvalue weighted by Crippen LogP contribution is 2.19. The van der Waals surface area contributed by atoms with E-state index < -0.39 is 0 Å². The van der Waals surface area contributed by atoms with E-state index in [4.69, 9.17) is 0 Å². The lowest BCUT2D eigenvalue weighted by atomic mass is 10.1. The number of aryl methyl sites for hydroxylation is 1. The average molecular weight is 316 g/mol. The third kappa shape index (κ3) is 3.81. The monoisotopic (exact) mass is 316 g/mol. The smallest absolute Gasteiger partial charge is 0.310 e. The van der Waals surface area contributed by atoms with Crippen molar-refractivity contribution in [1.29, 1.82) is 0 Å². The van der Waals surface area contributed by atoms with Crippen molar-refractivity contribution in [3.63, 3.8) is 0 Å². The lowest BCUT2D eigenvalue weighted by Crippen LogP contribution is -2.59. The van der Waals surface area contributed by atoms with Crippen molar-refractivity contribution in [3.8, 4) is 5.69 Å². The number of carbonyl (C=O) groups is 2. The minimum absolute atomic E-state index is 0.141. The summed E-state index contributed by atoms with van der Waals surface area (Å²) < 4.78 is 0. The molecule has 7 nitrogen and oxygen atoms in total. The van der Waals surface area contributed by atoms with Crippen molar-refractivity contribution in [1.82, 2.24) is 19.9 Å². The molecule has 0 spiro atoms. The maximum absolute atomic E-state index is 13.0. The van der Waals surface area contributed by atoms with Crippen LogP contribution in [0.1, 0.15) is 36.2 Å². The molecule has 122 valence electrons. The minimum atomic E-state index is -0.212. The zero-order valence-corrected chi connectivity index (χ0v) is 13.7. The highest BCUT2D eigenvalue weighted by molar-refractivity contribution is 5.98. The summed E-state index contributed by atoms with van der Waals surface area (Å²) in [5.41, 5.74) is 5.51. The van der Waals surface area contributed by atoms with Crippen LogP contribution in [-0.4, -0.2) is 44.3 Å². The largest absolute Gasteiger partial charge is 0.335 e. The van der Waals surface area contributed by atoms with Crippen LogP contribution in [0.4, 0.5) is 0 Å². The summed E-state index contributed by atoms with van der Waals surface area (Å²) in [6.45, 7) is 6.18. The maximum Gasteiger partial charge on any atom is 0.310 e. The molecule has 7 heteroatoms. The number of benzene rings is 1. The molecule has 3 N–H and O–H groups in total. The molecule has 0 fully saturated rings. The number of nitrogens with zero attached hydrogens (tertiary/aromatic N) is 4. The molecule has 0 radical (unpaired) electrons. The lowest BCUT2D eigenvalue weighted by Gasteiger charge is -2.27. The van der Waals surface area contributed by atoms with Crippen LogP contribution in [0.25, 0.3) is 5.69 Å². The summed E-state index contributed by atoms with van der Waals surface area (Å²) in [6.07, 6.45) is 3.37. The van der Waals surface area contributed by atoms with E-state index in [1.807, 2.05) is 39.0 Å². The molecular weight excluding hydrogens is 294 g/mol. The van der Waals surface area contributed by atoms with Gasteiger partial charge in [-0.05, 0) is 32.9 Å². The van der Waals surface area contributed by atoms with Gasteiger partial charge in [0, 0.05) is 12.6 Å². The van der Waals surface area contributed by atoms with Crippen molar-refractivity contribution in [2.75, 3.05) is 6.54 Å². The molecule has 23 heavy (non-hydrogen) atoms. The molecule has 0 aliphatic carbocycles. The molecule has 0 aliphatic heterocycles. The average Bonchev–Trinajstić information content (AvgIpc) is 3.01. The Kier molecular flexibility index (Phi) is 5.23. The Morgan fingerprint density at radius 3 is 2.52 bits per heavy atom. The summed E-state index contributed by atoms with van der Waals surface area (Å²) in [7, 11) is 0. The zero-order valence-electron chi connectivity index (χ0n) is 13.7. The van der Waals surface area contributed by atoms with Gasteiger partial charge in [-0.2, -0.15) is 15.0 Å². The summed E-state index contributed by atoms with van der Waals surface area (Å²) in [6, 6.07) is 5.35. The fourth-order valence-electron chi connectivity index (χ4n) is 2.59. The van der Waals surface area contributed by atoms with E-state index in [9.17, 15) is 9.59 Å². The summed E-state index contributed by atoms with van der Waals surface area (Å²) in [4.78, 5) is 27.4. The molecule has 1 unspecified atom stereocenters. The van der Waals surface area contributed by atoms with Crippen LogP contribution in [0, 0.1) is 6.92 Å². The van der Waals surface area contributed by atoms with Gasteiger partial charge in [-0.15, -0.1) is 0 Å². The van der Waals surface area contributed by atoms with Gasteiger partial charge in [0.05, 0.1) is 30.1 Å². The van der Waals surface area contributed by atoms with E-state index in [-0.39, 0.29) is 24.3 Å². The van der Waals surface area contributed by atoms with Crippen molar-refractivity contribution >= 4 is 11.8 Å². The van der Waals surface area contributed by atoms with Gasteiger partial charge in [-0.1, -0.05) is 11.6 Å². The standard InChI is InChI=1S/C16H21N5O2/c1-4-20(12(3)10-15(17)22)16(23)13-9-11(2)5-6-14(13)21-18-7-8-19-21/h5-9,12H,4,10H2,1-3H3,(H2,17,22)/p+1. The Balaban J connectivity index is 2.41. The highest BCUT2D eigenvalue weighted by Gasteiger charge is 2.25. The Labute approximate surface area is 135 Å².